The molecule has 7 nitrogen and oxygen atoms in total. The fourth-order valence-corrected chi connectivity index (χ4v) is 3.60. The maximum absolute atomic E-state index is 12.4. The van der Waals surface area contributed by atoms with Crippen LogP contribution in [0.15, 0.2) is 66.4 Å². The highest BCUT2D eigenvalue weighted by atomic mass is 16.6. The fourth-order valence-electron chi connectivity index (χ4n) is 3.60. The number of carbonyl (C=O) groups excluding carboxylic acids is 2. The Morgan fingerprint density at radius 2 is 1.80 bits per heavy atom. The number of allylic oxidation sites excluding steroid dienone is 1. The second kappa shape index (κ2) is 8.32. The molecule has 1 heterocycles. The van der Waals surface area contributed by atoms with Gasteiger partial charge in [-0.2, -0.15) is 0 Å². The van der Waals surface area contributed by atoms with Crippen molar-refractivity contribution in [2.45, 2.75) is 19.3 Å². The second-order valence-corrected chi connectivity index (χ2v) is 7.45. The fraction of sp³-hybridized carbons (Fsp3) is 0.217. The van der Waals surface area contributed by atoms with E-state index in [9.17, 15) is 19.7 Å². The van der Waals surface area contributed by atoms with E-state index in [1.54, 1.807) is 12.1 Å². The number of nitro groups is 1. The van der Waals surface area contributed by atoms with Gasteiger partial charge in [-0.1, -0.05) is 44.2 Å². The zero-order chi connectivity index (χ0) is 21.9. The van der Waals surface area contributed by atoms with Crippen molar-refractivity contribution < 1.29 is 19.2 Å². The number of hydrogen-bond donors (Lipinski definition) is 0. The molecule has 154 valence electrons. The molecule has 0 spiro atoms. The average molecular weight is 406 g/mol. The number of nitro benzene ring substituents is 1. The molecule has 30 heavy (non-hydrogen) atoms. The average Bonchev–Trinajstić information content (AvgIpc) is 2.92. The number of esters is 1. The molecule has 7 heteroatoms. The molecule has 0 atom stereocenters. The van der Waals surface area contributed by atoms with Crippen LogP contribution >= 0.6 is 0 Å². The number of likely N-dealkylation sites (N-methyl/N-ethyl adjacent to an activating group) is 1. The summed E-state index contributed by atoms with van der Waals surface area (Å²) in [6, 6.07) is 14.0. The Balaban J connectivity index is 1.65. The van der Waals surface area contributed by atoms with Crippen LogP contribution in [-0.2, 0) is 19.7 Å². The molecule has 0 fully saturated rings. The summed E-state index contributed by atoms with van der Waals surface area (Å²) in [5, 5.41) is 11.0. The Labute approximate surface area is 174 Å². The number of anilines is 1. The van der Waals surface area contributed by atoms with Crippen LogP contribution in [0.3, 0.4) is 0 Å². The van der Waals surface area contributed by atoms with Gasteiger partial charge in [-0.15, -0.1) is 0 Å². The number of ether oxygens (including phenoxy) is 1. The first kappa shape index (κ1) is 21.0. The number of rotatable bonds is 6. The van der Waals surface area contributed by atoms with Crippen molar-refractivity contribution >= 4 is 29.2 Å². The molecule has 0 radical (unpaired) electrons. The van der Waals surface area contributed by atoms with Gasteiger partial charge in [0.1, 0.15) is 0 Å². The number of para-hydroxylation sites is 2. The first-order valence-corrected chi connectivity index (χ1v) is 9.38. The standard InChI is InChI=1S/C23H22N2O5/c1-23(2)18-9-5-7-11-20(18)24(3)21(23)14-17(26)15-30-22(27)13-12-16-8-4-6-10-19(16)25(28)29/h4-14H,15H2,1-3H3/b13-12+,21-14?. The predicted octanol–water partition coefficient (Wildman–Crippen LogP) is 4.03. The van der Waals surface area contributed by atoms with Gasteiger partial charge >= 0.3 is 5.97 Å². The molecule has 0 bridgehead atoms. The second-order valence-electron chi connectivity index (χ2n) is 7.45. The van der Waals surface area contributed by atoms with Crippen LogP contribution < -0.4 is 4.90 Å². The van der Waals surface area contributed by atoms with Gasteiger partial charge in [-0.3, -0.25) is 14.9 Å². The minimum Gasteiger partial charge on any atom is -0.454 e. The Morgan fingerprint density at radius 3 is 2.50 bits per heavy atom. The zero-order valence-electron chi connectivity index (χ0n) is 17.0. The third-order valence-corrected chi connectivity index (χ3v) is 5.13. The molecule has 0 aromatic heterocycles. The van der Waals surface area contributed by atoms with Crippen LogP contribution in [0.2, 0.25) is 0 Å². The molecular formula is C23H22N2O5. The maximum Gasteiger partial charge on any atom is 0.331 e. The Hall–Kier alpha value is -3.74. The zero-order valence-corrected chi connectivity index (χ0v) is 17.0. The van der Waals surface area contributed by atoms with Gasteiger partial charge in [0, 0.05) is 42.1 Å². The molecule has 0 unspecified atom stereocenters. The van der Waals surface area contributed by atoms with E-state index in [0.29, 0.717) is 0 Å². The lowest BCUT2D eigenvalue weighted by Gasteiger charge is -2.23. The van der Waals surface area contributed by atoms with E-state index in [-0.39, 0.29) is 22.4 Å². The molecule has 3 rings (SSSR count). The number of ketones is 1. The SMILES string of the molecule is CN1C(=CC(=O)COC(=O)/C=C/c2ccccc2[N+](=O)[O-])C(C)(C)c2ccccc21. The van der Waals surface area contributed by atoms with Gasteiger partial charge in [0.25, 0.3) is 5.69 Å². The van der Waals surface area contributed by atoms with E-state index in [4.69, 9.17) is 4.74 Å². The smallest absolute Gasteiger partial charge is 0.331 e. The van der Waals surface area contributed by atoms with Crippen molar-refractivity contribution in [3.05, 3.63) is 87.6 Å². The summed E-state index contributed by atoms with van der Waals surface area (Å²) < 4.78 is 5.01. The summed E-state index contributed by atoms with van der Waals surface area (Å²) >= 11 is 0. The molecular weight excluding hydrogens is 384 g/mol. The molecule has 1 aliphatic rings. The third-order valence-electron chi connectivity index (χ3n) is 5.13. The highest BCUT2D eigenvalue weighted by Gasteiger charge is 2.38. The highest BCUT2D eigenvalue weighted by Crippen LogP contribution is 2.46. The van der Waals surface area contributed by atoms with Crippen molar-refractivity contribution in [1.29, 1.82) is 0 Å². The summed E-state index contributed by atoms with van der Waals surface area (Å²) in [5.41, 5.74) is 2.78. The molecule has 0 amide bonds. The Bertz CT molecular complexity index is 1070. The van der Waals surface area contributed by atoms with Gasteiger partial charge in [-0.05, 0) is 23.8 Å². The lowest BCUT2D eigenvalue weighted by molar-refractivity contribution is -0.385. The lowest BCUT2D eigenvalue weighted by Crippen LogP contribution is -2.25. The van der Waals surface area contributed by atoms with Crippen molar-refractivity contribution in [1.82, 2.24) is 0 Å². The maximum atomic E-state index is 12.4. The minimum atomic E-state index is -0.748. The Kier molecular flexibility index (Phi) is 5.82. The molecule has 1 aliphatic heterocycles. The summed E-state index contributed by atoms with van der Waals surface area (Å²) in [4.78, 5) is 36.8. The quantitative estimate of drug-likeness (QED) is 0.311. The van der Waals surface area contributed by atoms with Crippen LogP contribution in [0, 0.1) is 10.1 Å². The van der Waals surface area contributed by atoms with E-state index in [2.05, 4.69) is 0 Å². The van der Waals surface area contributed by atoms with Crippen molar-refractivity contribution in [2.24, 2.45) is 0 Å². The van der Waals surface area contributed by atoms with Crippen LogP contribution in [0.4, 0.5) is 11.4 Å². The summed E-state index contributed by atoms with van der Waals surface area (Å²) in [6.45, 7) is 3.66. The molecule has 0 saturated heterocycles. The third kappa shape index (κ3) is 4.15. The Morgan fingerprint density at radius 1 is 1.13 bits per heavy atom. The molecule has 2 aromatic rings. The number of nitrogens with zero attached hydrogens (tertiary/aromatic N) is 2. The van der Waals surface area contributed by atoms with E-state index < -0.39 is 17.5 Å². The number of carbonyl (C=O) groups is 2. The summed E-state index contributed by atoms with van der Waals surface area (Å²) in [5.74, 6) is -1.09. The number of benzene rings is 2. The molecule has 2 aromatic carbocycles. The van der Waals surface area contributed by atoms with Gasteiger partial charge < -0.3 is 9.64 Å². The largest absolute Gasteiger partial charge is 0.454 e. The summed E-state index contributed by atoms with van der Waals surface area (Å²) in [6.07, 6.45) is 3.87. The normalized spacial score (nSPS) is 16.0. The molecule has 0 aliphatic carbocycles. The monoisotopic (exact) mass is 406 g/mol. The van der Waals surface area contributed by atoms with Gasteiger partial charge in [0.2, 0.25) is 0 Å². The van der Waals surface area contributed by atoms with E-state index >= 15 is 0 Å². The van der Waals surface area contributed by atoms with Crippen LogP contribution in [-0.4, -0.2) is 30.3 Å². The first-order chi connectivity index (χ1) is 14.2. The first-order valence-electron chi connectivity index (χ1n) is 9.38. The minimum absolute atomic E-state index is 0.117. The highest BCUT2D eigenvalue weighted by molar-refractivity contribution is 5.96. The van der Waals surface area contributed by atoms with Crippen molar-refractivity contribution in [3.63, 3.8) is 0 Å². The van der Waals surface area contributed by atoms with Crippen LogP contribution in [0.5, 0.6) is 0 Å². The van der Waals surface area contributed by atoms with Crippen molar-refractivity contribution in [3.8, 4) is 0 Å². The van der Waals surface area contributed by atoms with Crippen LogP contribution in [0.25, 0.3) is 6.08 Å². The lowest BCUT2D eigenvalue weighted by atomic mass is 9.83. The van der Waals surface area contributed by atoms with Crippen LogP contribution in [0.1, 0.15) is 25.0 Å². The van der Waals surface area contributed by atoms with E-state index in [1.807, 2.05) is 50.1 Å². The molecule has 0 saturated carbocycles. The van der Waals surface area contributed by atoms with Crippen molar-refractivity contribution in [2.75, 3.05) is 18.6 Å². The number of hydrogen-bond acceptors (Lipinski definition) is 6. The van der Waals surface area contributed by atoms with Gasteiger partial charge in [-0.25, -0.2) is 4.79 Å². The number of fused-ring (bicyclic) bond motifs is 1. The van der Waals surface area contributed by atoms with Gasteiger partial charge in [0.05, 0.1) is 10.5 Å². The van der Waals surface area contributed by atoms with E-state index in [0.717, 1.165) is 23.0 Å². The topological polar surface area (TPSA) is 89.8 Å². The van der Waals surface area contributed by atoms with Gasteiger partial charge in [0.15, 0.2) is 12.4 Å². The summed E-state index contributed by atoms with van der Waals surface area (Å²) in [7, 11) is 1.90. The predicted molar refractivity (Wildman–Crippen MR) is 114 cm³/mol. The molecule has 0 N–H and O–H groups in total. The van der Waals surface area contributed by atoms with E-state index in [1.165, 1.54) is 24.3 Å².